The molecule has 0 spiro atoms. The number of hydrogen-bond donors (Lipinski definition) is 1. The molecule has 2 atom stereocenters. The standard InChI is InChI=1S/C13H17FO3S/c1-9-8-10(14)5-6-11(9)13(15)7-3-4-12(13)18(2,16)17/h5-6,8,12,15H,3-4,7H2,1-2H3. The minimum atomic E-state index is -3.33. The van der Waals surface area contributed by atoms with Crippen molar-refractivity contribution in [2.24, 2.45) is 0 Å². The predicted molar refractivity (Wildman–Crippen MR) is 67.5 cm³/mol. The van der Waals surface area contributed by atoms with Crippen molar-refractivity contribution in [3.05, 3.63) is 35.1 Å². The van der Waals surface area contributed by atoms with Crippen LogP contribution in [0.25, 0.3) is 0 Å². The van der Waals surface area contributed by atoms with Crippen molar-refractivity contribution in [1.82, 2.24) is 0 Å². The lowest BCUT2D eigenvalue weighted by Gasteiger charge is -2.30. The lowest BCUT2D eigenvalue weighted by atomic mass is 9.88. The Morgan fingerprint density at radius 3 is 2.67 bits per heavy atom. The Kier molecular flexibility index (Phi) is 3.23. The molecule has 0 heterocycles. The SMILES string of the molecule is Cc1cc(F)ccc1C1(O)CCCC1S(C)(=O)=O. The molecule has 1 aromatic rings. The van der Waals surface area contributed by atoms with Crippen LogP contribution in [0.15, 0.2) is 18.2 Å². The van der Waals surface area contributed by atoms with Gasteiger partial charge in [-0.15, -0.1) is 0 Å². The fourth-order valence-electron chi connectivity index (χ4n) is 2.95. The van der Waals surface area contributed by atoms with Crippen LogP contribution >= 0.6 is 0 Å². The van der Waals surface area contributed by atoms with E-state index in [0.29, 0.717) is 30.4 Å². The summed E-state index contributed by atoms with van der Waals surface area (Å²) in [5.41, 5.74) is -0.268. The molecule has 1 aliphatic rings. The van der Waals surface area contributed by atoms with E-state index in [1.165, 1.54) is 18.2 Å². The Morgan fingerprint density at radius 1 is 1.44 bits per heavy atom. The van der Waals surface area contributed by atoms with Crippen molar-refractivity contribution >= 4 is 9.84 Å². The first-order valence-corrected chi connectivity index (χ1v) is 7.88. The first kappa shape index (κ1) is 13.5. The van der Waals surface area contributed by atoms with E-state index in [2.05, 4.69) is 0 Å². The van der Waals surface area contributed by atoms with Crippen LogP contribution in [0.4, 0.5) is 4.39 Å². The summed E-state index contributed by atoms with van der Waals surface area (Å²) in [6.45, 7) is 1.69. The van der Waals surface area contributed by atoms with Gasteiger partial charge in [0.25, 0.3) is 0 Å². The molecule has 2 unspecified atom stereocenters. The second-order valence-electron chi connectivity index (χ2n) is 5.09. The van der Waals surface area contributed by atoms with Crippen LogP contribution < -0.4 is 0 Å². The van der Waals surface area contributed by atoms with Crippen LogP contribution in [0.1, 0.15) is 30.4 Å². The van der Waals surface area contributed by atoms with Crippen LogP contribution in [-0.4, -0.2) is 25.0 Å². The smallest absolute Gasteiger partial charge is 0.153 e. The molecule has 1 saturated carbocycles. The monoisotopic (exact) mass is 272 g/mol. The lowest BCUT2D eigenvalue weighted by molar-refractivity contribution is 0.0470. The van der Waals surface area contributed by atoms with Gasteiger partial charge in [0.05, 0.1) is 5.25 Å². The Labute approximate surface area is 107 Å². The maximum absolute atomic E-state index is 13.1. The maximum atomic E-state index is 13.1. The van der Waals surface area contributed by atoms with E-state index in [-0.39, 0.29) is 5.82 Å². The highest BCUT2D eigenvalue weighted by atomic mass is 32.2. The van der Waals surface area contributed by atoms with Crippen LogP contribution in [0.3, 0.4) is 0 Å². The number of sulfone groups is 1. The molecule has 100 valence electrons. The molecule has 0 aromatic heterocycles. The summed E-state index contributed by atoms with van der Waals surface area (Å²) in [5.74, 6) is -0.381. The molecule has 1 aliphatic carbocycles. The van der Waals surface area contributed by atoms with Crippen molar-refractivity contribution in [3.63, 3.8) is 0 Å². The minimum absolute atomic E-state index is 0.381. The van der Waals surface area contributed by atoms with E-state index in [1.807, 2.05) is 0 Å². The Balaban J connectivity index is 2.53. The summed E-state index contributed by atoms with van der Waals surface area (Å²) in [4.78, 5) is 0. The van der Waals surface area contributed by atoms with Crippen LogP contribution in [0.2, 0.25) is 0 Å². The average Bonchev–Trinajstić information content (AvgIpc) is 2.60. The molecule has 0 amide bonds. The van der Waals surface area contributed by atoms with E-state index in [1.54, 1.807) is 6.92 Å². The predicted octanol–water partition coefficient (Wildman–Crippen LogP) is 1.92. The average molecular weight is 272 g/mol. The fourth-order valence-corrected chi connectivity index (χ4v) is 4.49. The second kappa shape index (κ2) is 4.31. The number of hydrogen-bond acceptors (Lipinski definition) is 3. The normalized spacial score (nSPS) is 28.6. The van der Waals surface area contributed by atoms with Crippen LogP contribution in [0, 0.1) is 12.7 Å². The van der Waals surface area contributed by atoms with E-state index >= 15 is 0 Å². The van der Waals surface area contributed by atoms with Crippen molar-refractivity contribution in [3.8, 4) is 0 Å². The van der Waals surface area contributed by atoms with Crippen LogP contribution in [0.5, 0.6) is 0 Å². The van der Waals surface area contributed by atoms with Gasteiger partial charge in [-0.05, 0) is 49.4 Å². The first-order valence-electron chi connectivity index (χ1n) is 5.93. The summed E-state index contributed by atoms with van der Waals surface area (Å²) in [7, 11) is -3.33. The molecule has 1 aromatic carbocycles. The molecule has 0 radical (unpaired) electrons. The second-order valence-corrected chi connectivity index (χ2v) is 7.32. The number of benzene rings is 1. The molecule has 18 heavy (non-hydrogen) atoms. The maximum Gasteiger partial charge on any atom is 0.153 e. The highest BCUT2D eigenvalue weighted by Crippen LogP contribution is 2.43. The largest absolute Gasteiger partial charge is 0.384 e. The summed E-state index contributed by atoms with van der Waals surface area (Å²) in [5, 5.41) is 9.93. The molecule has 2 rings (SSSR count). The highest BCUT2D eigenvalue weighted by molar-refractivity contribution is 7.91. The van der Waals surface area contributed by atoms with Gasteiger partial charge < -0.3 is 5.11 Å². The summed E-state index contributed by atoms with van der Waals surface area (Å²) >= 11 is 0. The van der Waals surface area contributed by atoms with Gasteiger partial charge in [-0.1, -0.05) is 6.07 Å². The fraction of sp³-hybridized carbons (Fsp3) is 0.538. The van der Waals surface area contributed by atoms with Gasteiger partial charge in [-0.25, -0.2) is 12.8 Å². The minimum Gasteiger partial charge on any atom is -0.384 e. The van der Waals surface area contributed by atoms with E-state index in [0.717, 1.165) is 6.26 Å². The molecular weight excluding hydrogens is 255 g/mol. The summed E-state index contributed by atoms with van der Waals surface area (Å²) < 4.78 is 36.6. The third-order valence-electron chi connectivity index (χ3n) is 3.73. The summed E-state index contributed by atoms with van der Waals surface area (Å²) in [6.07, 6.45) is 2.65. The van der Waals surface area contributed by atoms with Gasteiger partial charge in [0.1, 0.15) is 11.4 Å². The third kappa shape index (κ3) is 2.17. The Hall–Kier alpha value is -0.940. The molecule has 1 N–H and O–H groups in total. The van der Waals surface area contributed by atoms with Crippen molar-refractivity contribution in [1.29, 1.82) is 0 Å². The van der Waals surface area contributed by atoms with E-state index in [9.17, 15) is 17.9 Å². The molecule has 3 nitrogen and oxygen atoms in total. The Morgan fingerprint density at radius 2 is 2.11 bits per heavy atom. The number of rotatable bonds is 2. The Bertz CT molecular complexity index is 568. The number of halogens is 1. The third-order valence-corrected chi connectivity index (χ3v) is 5.39. The highest BCUT2D eigenvalue weighted by Gasteiger charge is 2.48. The van der Waals surface area contributed by atoms with Gasteiger partial charge in [0, 0.05) is 6.26 Å². The zero-order chi connectivity index (χ0) is 13.6. The zero-order valence-corrected chi connectivity index (χ0v) is 11.3. The topological polar surface area (TPSA) is 54.4 Å². The van der Waals surface area contributed by atoms with Crippen molar-refractivity contribution < 1.29 is 17.9 Å². The molecular formula is C13H17FO3S. The van der Waals surface area contributed by atoms with Crippen LogP contribution in [-0.2, 0) is 15.4 Å². The zero-order valence-electron chi connectivity index (χ0n) is 10.5. The quantitative estimate of drug-likeness (QED) is 0.895. The molecule has 0 saturated heterocycles. The van der Waals surface area contributed by atoms with E-state index in [4.69, 9.17) is 0 Å². The van der Waals surface area contributed by atoms with Crippen molar-refractivity contribution in [2.45, 2.75) is 37.0 Å². The molecule has 5 heteroatoms. The molecule has 0 bridgehead atoms. The van der Waals surface area contributed by atoms with Crippen molar-refractivity contribution in [2.75, 3.05) is 6.26 Å². The van der Waals surface area contributed by atoms with Gasteiger partial charge >= 0.3 is 0 Å². The van der Waals surface area contributed by atoms with Gasteiger partial charge in [0.15, 0.2) is 9.84 Å². The number of aryl methyl sites for hydroxylation is 1. The molecule has 0 aliphatic heterocycles. The first-order chi connectivity index (χ1) is 8.25. The molecule has 1 fully saturated rings. The van der Waals surface area contributed by atoms with Gasteiger partial charge in [0.2, 0.25) is 0 Å². The lowest BCUT2D eigenvalue weighted by Crippen LogP contribution is -2.40. The van der Waals surface area contributed by atoms with Gasteiger partial charge in [-0.2, -0.15) is 0 Å². The number of aliphatic hydroxyl groups is 1. The van der Waals surface area contributed by atoms with Gasteiger partial charge in [-0.3, -0.25) is 0 Å². The van der Waals surface area contributed by atoms with E-state index < -0.39 is 20.7 Å². The summed E-state index contributed by atoms with van der Waals surface area (Å²) in [6, 6.07) is 4.08.